The van der Waals surface area contributed by atoms with Crippen molar-refractivity contribution in [3.05, 3.63) is 46.0 Å². The third-order valence-electron chi connectivity index (χ3n) is 3.14. The van der Waals surface area contributed by atoms with E-state index in [4.69, 9.17) is 5.11 Å². The summed E-state index contributed by atoms with van der Waals surface area (Å²) in [6.07, 6.45) is 0.578. The van der Waals surface area contributed by atoms with Crippen molar-refractivity contribution in [2.24, 2.45) is 0 Å². The molecule has 6 nitrogen and oxygen atoms in total. The van der Waals surface area contributed by atoms with Crippen molar-refractivity contribution < 1.29 is 19.1 Å². The van der Waals surface area contributed by atoms with Gasteiger partial charge in [-0.3, -0.25) is 14.4 Å². The molecule has 0 saturated carbocycles. The second kappa shape index (κ2) is 6.38. The second-order valence-electron chi connectivity index (χ2n) is 4.86. The standard InChI is InChI=1S/C15H15FN2O4/c1-2-5-18(8-14(20)21)15(22)11-7-13(19)17-12-6-9(16)3-4-10(11)12/h3-4,6-7H,2,5,8H2,1H3,(H,17,19)(H,20,21). The van der Waals surface area contributed by atoms with E-state index in [1.165, 1.54) is 12.1 Å². The highest BCUT2D eigenvalue weighted by Crippen LogP contribution is 2.18. The topological polar surface area (TPSA) is 90.5 Å². The zero-order valence-corrected chi connectivity index (χ0v) is 11.9. The molecular formula is C15H15FN2O4. The van der Waals surface area contributed by atoms with Crippen molar-refractivity contribution in [2.45, 2.75) is 13.3 Å². The lowest BCUT2D eigenvalue weighted by molar-refractivity contribution is -0.137. The van der Waals surface area contributed by atoms with Gasteiger partial charge in [0.2, 0.25) is 5.56 Å². The van der Waals surface area contributed by atoms with E-state index in [2.05, 4.69) is 4.98 Å². The second-order valence-corrected chi connectivity index (χ2v) is 4.86. The maximum Gasteiger partial charge on any atom is 0.323 e. The number of carbonyl (C=O) groups excluding carboxylic acids is 1. The van der Waals surface area contributed by atoms with Crippen LogP contribution in [0, 0.1) is 5.82 Å². The lowest BCUT2D eigenvalue weighted by atomic mass is 10.1. The summed E-state index contributed by atoms with van der Waals surface area (Å²) in [7, 11) is 0. The molecule has 7 heteroatoms. The molecule has 2 rings (SSSR count). The molecule has 0 bridgehead atoms. The molecule has 0 aliphatic heterocycles. The highest BCUT2D eigenvalue weighted by Gasteiger charge is 2.20. The number of rotatable bonds is 5. The number of hydrogen-bond acceptors (Lipinski definition) is 3. The summed E-state index contributed by atoms with van der Waals surface area (Å²) in [5.74, 6) is -2.24. The van der Waals surface area contributed by atoms with Crippen LogP contribution in [0.5, 0.6) is 0 Å². The van der Waals surface area contributed by atoms with Crippen LogP contribution < -0.4 is 5.56 Å². The van der Waals surface area contributed by atoms with Gasteiger partial charge in [0.15, 0.2) is 0 Å². The Morgan fingerprint density at radius 2 is 2.05 bits per heavy atom. The number of hydrogen-bond donors (Lipinski definition) is 2. The van der Waals surface area contributed by atoms with Crippen LogP contribution in [0.1, 0.15) is 23.7 Å². The number of carbonyl (C=O) groups is 2. The fraction of sp³-hybridized carbons (Fsp3) is 0.267. The number of aromatic nitrogens is 1. The van der Waals surface area contributed by atoms with Crippen molar-refractivity contribution >= 4 is 22.8 Å². The number of aliphatic carboxylic acids is 1. The van der Waals surface area contributed by atoms with E-state index in [9.17, 15) is 18.8 Å². The van der Waals surface area contributed by atoms with Gasteiger partial charge < -0.3 is 15.0 Å². The van der Waals surface area contributed by atoms with Gasteiger partial charge in [-0.1, -0.05) is 6.92 Å². The molecule has 2 N–H and O–H groups in total. The third-order valence-corrected chi connectivity index (χ3v) is 3.14. The molecular weight excluding hydrogens is 291 g/mol. The first kappa shape index (κ1) is 15.7. The van der Waals surface area contributed by atoms with E-state index in [1.807, 2.05) is 6.92 Å². The number of pyridine rings is 1. The molecule has 0 aliphatic rings. The molecule has 22 heavy (non-hydrogen) atoms. The summed E-state index contributed by atoms with van der Waals surface area (Å²) < 4.78 is 13.3. The lowest BCUT2D eigenvalue weighted by Crippen LogP contribution is -2.36. The molecule has 2 aromatic rings. The Morgan fingerprint density at radius 1 is 1.32 bits per heavy atom. The van der Waals surface area contributed by atoms with Gasteiger partial charge in [0.25, 0.3) is 5.91 Å². The predicted octanol–water partition coefficient (Wildman–Crippen LogP) is 1.60. The van der Waals surface area contributed by atoms with Crippen LogP contribution in [0.15, 0.2) is 29.1 Å². The van der Waals surface area contributed by atoms with Gasteiger partial charge in [-0.05, 0) is 24.6 Å². The smallest absolute Gasteiger partial charge is 0.323 e. The van der Waals surface area contributed by atoms with Crippen LogP contribution >= 0.6 is 0 Å². The first-order valence-electron chi connectivity index (χ1n) is 6.76. The quantitative estimate of drug-likeness (QED) is 0.878. The Balaban J connectivity index is 2.54. The highest BCUT2D eigenvalue weighted by molar-refractivity contribution is 6.06. The normalized spacial score (nSPS) is 10.6. The Hall–Kier alpha value is -2.70. The van der Waals surface area contributed by atoms with Gasteiger partial charge in [-0.2, -0.15) is 0 Å². The number of amides is 1. The number of H-pyrrole nitrogens is 1. The number of benzene rings is 1. The van der Waals surface area contributed by atoms with Gasteiger partial charge in [0, 0.05) is 18.0 Å². The molecule has 0 saturated heterocycles. The highest BCUT2D eigenvalue weighted by atomic mass is 19.1. The number of carboxylic acid groups (broad SMARTS) is 1. The molecule has 0 atom stereocenters. The summed E-state index contributed by atoms with van der Waals surface area (Å²) in [4.78, 5) is 38.7. The van der Waals surface area contributed by atoms with Gasteiger partial charge in [-0.25, -0.2) is 4.39 Å². The summed E-state index contributed by atoms with van der Waals surface area (Å²) in [6, 6.07) is 4.79. The van der Waals surface area contributed by atoms with E-state index in [-0.39, 0.29) is 17.6 Å². The molecule has 1 amide bonds. The summed E-state index contributed by atoms with van der Waals surface area (Å²) in [6.45, 7) is 1.61. The van der Waals surface area contributed by atoms with E-state index in [0.29, 0.717) is 11.8 Å². The Bertz CT molecular complexity index is 785. The number of nitrogens with one attached hydrogen (secondary N) is 1. The van der Waals surface area contributed by atoms with Crippen molar-refractivity contribution in [1.29, 1.82) is 0 Å². The number of aromatic amines is 1. The van der Waals surface area contributed by atoms with Gasteiger partial charge >= 0.3 is 5.97 Å². The van der Waals surface area contributed by atoms with E-state index in [1.54, 1.807) is 0 Å². The van der Waals surface area contributed by atoms with Crippen molar-refractivity contribution in [3.63, 3.8) is 0 Å². The van der Waals surface area contributed by atoms with Crippen LogP contribution in [-0.2, 0) is 4.79 Å². The van der Waals surface area contributed by atoms with Crippen LogP contribution in [0.4, 0.5) is 4.39 Å². The SMILES string of the molecule is CCCN(CC(=O)O)C(=O)c1cc(=O)[nH]c2cc(F)ccc12. The van der Waals surface area contributed by atoms with Gasteiger partial charge in [0.1, 0.15) is 12.4 Å². The maximum absolute atomic E-state index is 13.3. The molecule has 0 spiro atoms. The minimum absolute atomic E-state index is 0.0634. The van der Waals surface area contributed by atoms with Crippen LogP contribution in [-0.4, -0.2) is 40.0 Å². The average molecular weight is 306 g/mol. The van der Waals surface area contributed by atoms with E-state index in [0.717, 1.165) is 17.0 Å². The van der Waals surface area contributed by atoms with Crippen LogP contribution in [0.2, 0.25) is 0 Å². The number of fused-ring (bicyclic) bond motifs is 1. The predicted molar refractivity (Wildman–Crippen MR) is 78.4 cm³/mol. The van der Waals surface area contributed by atoms with Gasteiger partial charge in [-0.15, -0.1) is 0 Å². The molecule has 1 aromatic carbocycles. The Labute approximate surface area is 125 Å². The molecule has 1 heterocycles. The van der Waals surface area contributed by atoms with E-state index >= 15 is 0 Å². The largest absolute Gasteiger partial charge is 0.480 e. The van der Waals surface area contributed by atoms with Crippen molar-refractivity contribution in [1.82, 2.24) is 9.88 Å². The fourth-order valence-corrected chi connectivity index (χ4v) is 2.27. The molecule has 0 aliphatic carbocycles. The Morgan fingerprint density at radius 3 is 2.68 bits per heavy atom. The van der Waals surface area contributed by atoms with Crippen LogP contribution in [0.25, 0.3) is 10.9 Å². The number of nitrogens with zero attached hydrogens (tertiary/aromatic N) is 1. The van der Waals surface area contributed by atoms with Crippen LogP contribution in [0.3, 0.4) is 0 Å². The first-order valence-corrected chi connectivity index (χ1v) is 6.76. The third kappa shape index (κ3) is 3.30. The van der Waals surface area contributed by atoms with E-state index < -0.39 is 29.8 Å². The molecule has 116 valence electrons. The van der Waals surface area contributed by atoms with Gasteiger partial charge in [0.05, 0.1) is 11.1 Å². The molecule has 0 radical (unpaired) electrons. The zero-order valence-electron chi connectivity index (χ0n) is 11.9. The lowest BCUT2D eigenvalue weighted by Gasteiger charge is -2.20. The summed E-state index contributed by atoms with van der Waals surface area (Å²) >= 11 is 0. The number of carboxylic acids is 1. The molecule has 0 unspecified atom stereocenters. The Kier molecular flexibility index (Phi) is 4.55. The molecule has 0 fully saturated rings. The molecule has 1 aromatic heterocycles. The monoisotopic (exact) mass is 306 g/mol. The average Bonchev–Trinajstić information content (AvgIpc) is 2.44. The fourth-order valence-electron chi connectivity index (χ4n) is 2.27. The number of halogens is 1. The zero-order chi connectivity index (χ0) is 16.3. The summed E-state index contributed by atoms with van der Waals surface area (Å²) in [5.41, 5.74) is -0.288. The van der Waals surface area contributed by atoms with Crippen molar-refractivity contribution in [3.8, 4) is 0 Å². The summed E-state index contributed by atoms with van der Waals surface area (Å²) in [5, 5.41) is 9.27. The minimum Gasteiger partial charge on any atom is -0.480 e. The van der Waals surface area contributed by atoms with Crippen molar-refractivity contribution in [2.75, 3.05) is 13.1 Å². The first-order chi connectivity index (χ1) is 10.4. The maximum atomic E-state index is 13.3. The minimum atomic E-state index is -1.14.